The molecule has 0 fully saturated rings. The van der Waals surface area contributed by atoms with Crippen molar-refractivity contribution < 1.29 is 14.3 Å². The summed E-state index contributed by atoms with van der Waals surface area (Å²) in [5.74, 6) is -0.0340. The topological polar surface area (TPSA) is 58.6 Å². The molecule has 1 N–H and O–H groups in total. The van der Waals surface area contributed by atoms with E-state index in [-0.39, 0.29) is 31.0 Å². The molecule has 2 amide bonds. The Morgan fingerprint density at radius 2 is 1.87 bits per heavy atom. The van der Waals surface area contributed by atoms with Gasteiger partial charge in [-0.05, 0) is 66.0 Å². The molecule has 0 aliphatic heterocycles. The lowest BCUT2D eigenvalue weighted by Gasteiger charge is -2.31. The largest absolute Gasteiger partial charge is 0.483 e. The Labute approximate surface area is 195 Å². The molecular formula is C22H25BrCl2N2O3. The van der Waals surface area contributed by atoms with Crippen LogP contribution in [0.3, 0.4) is 0 Å². The zero-order chi connectivity index (χ0) is 22.3. The van der Waals surface area contributed by atoms with Crippen LogP contribution in [0.4, 0.5) is 0 Å². The van der Waals surface area contributed by atoms with Crippen LogP contribution in [0.1, 0.15) is 32.8 Å². The van der Waals surface area contributed by atoms with Gasteiger partial charge in [-0.2, -0.15) is 0 Å². The molecule has 0 aromatic heterocycles. The smallest absolute Gasteiger partial charge is 0.261 e. The summed E-state index contributed by atoms with van der Waals surface area (Å²) in [6.45, 7) is 5.61. The van der Waals surface area contributed by atoms with Crippen LogP contribution in [0.25, 0.3) is 0 Å². The average molecular weight is 516 g/mol. The highest BCUT2D eigenvalue weighted by Gasteiger charge is 2.29. The molecule has 0 bridgehead atoms. The third-order valence-electron chi connectivity index (χ3n) is 4.36. The lowest BCUT2D eigenvalue weighted by Crippen LogP contribution is -2.51. The molecule has 0 saturated carbocycles. The van der Waals surface area contributed by atoms with E-state index in [9.17, 15) is 9.59 Å². The van der Waals surface area contributed by atoms with Gasteiger partial charge in [0.2, 0.25) is 5.91 Å². The SMILES string of the molecule is CCC(C(=O)NC(C)C)N(Cc1ccccc1Cl)C(=O)COc1ccc(Cl)cc1Br. The molecule has 0 aliphatic rings. The number of rotatable bonds is 9. The average Bonchev–Trinajstić information content (AvgIpc) is 2.67. The number of halogens is 3. The Morgan fingerprint density at radius 1 is 1.17 bits per heavy atom. The fourth-order valence-electron chi connectivity index (χ4n) is 2.93. The van der Waals surface area contributed by atoms with Gasteiger partial charge in [0, 0.05) is 22.6 Å². The molecule has 0 spiro atoms. The lowest BCUT2D eigenvalue weighted by molar-refractivity contribution is -0.143. The van der Waals surface area contributed by atoms with E-state index in [0.717, 1.165) is 5.56 Å². The van der Waals surface area contributed by atoms with Crippen LogP contribution in [-0.4, -0.2) is 35.4 Å². The molecule has 0 aliphatic carbocycles. The van der Waals surface area contributed by atoms with Gasteiger partial charge in [-0.3, -0.25) is 9.59 Å². The Hall–Kier alpha value is -1.76. The highest BCUT2D eigenvalue weighted by molar-refractivity contribution is 9.10. The molecule has 2 rings (SSSR count). The van der Waals surface area contributed by atoms with Gasteiger partial charge in [-0.15, -0.1) is 0 Å². The molecule has 5 nitrogen and oxygen atoms in total. The van der Waals surface area contributed by atoms with Gasteiger partial charge in [-0.1, -0.05) is 48.3 Å². The molecule has 0 saturated heterocycles. The van der Waals surface area contributed by atoms with E-state index in [2.05, 4.69) is 21.2 Å². The van der Waals surface area contributed by atoms with Crippen molar-refractivity contribution in [3.8, 4) is 5.75 Å². The van der Waals surface area contributed by atoms with E-state index >= 15 is 0 Å². The van der Waals surface area contributed by atoms with Crippen molar-refractivity contribution in [3.05, 3.63) is 62.5 Å². The first-order chi connectivity index (χ1) is 14.2. The molecular weight excluding hydrogens is 491 g/mol. The minimum atomic E-state index is -0.645. The second kappa shape index (κ2) is 11.6. The van der Waals surface area contributed by atoms with Crippen molar-refractivity contribution in [1.82, 2.24) is 10.2 Å². The van der Waals surface area contributed by atoms with Crippen molar-refractivity contribution >= 4 is 50.9 Å². The molecule has 1 atom stereocenters. The number of hydrogen-bond acceptors (Lipinski definition) is 3. The molecule has 2 aromatic rings. The van der Waals surface area contributed by atoms with Gasteiger partial charge in [0.25, 0.3) is 5.91 Å². The summed E-state index contributed by atoms with van der Waals surface area (Å²) < 4.78 is 6.34. The molecule has 2 aromatic carbocycles. The zero-order valence-electron chi connectivity index (χ0n) is 17.1. The van der Waals surface area contributed by atoms with Crippen LogP contribution in [0, 0.1) is 0 Å². The van der Waals surface area contributed by atoms with Gasteiger partial charge in [0.1, 0.15) is 11.8 Å². The van der Waals surface area contributed by atoms with Crippen LogP contribution >= 0.6 is 39.1 Å². The van der Waals surface area contributed by atoms with Crippen molar-refractivity contribution in [2.45, 2.75) is 45.8 Å². The zero-order valence-corrected chi connectivity index (χ0v) is 20.2. The first-order valence-corrected chi connectivity index (χ1v) is 11.2. The van der Waals surface area contributed by atoms with E-state index in [1.54, 1.807) is 24.3 Å². The number of hydrogen-bond donors (Lipinski definition) is 1. The quantitative estimate of drug-likeness (QED) is 0.482. The van der Waals surface area contributed by atoms with Crippen molar-refractivity contribution in [1.29, 1.82) is 0 Å². The fraction of sp³-hybridized carbons (Fsp3) is 0.364. The number of ether oxygens (including phenoxy) is 1. The molecule has 162 valence electrons. The maximum absolute atomic E-state index is 13.1. The van der Waals surface area contributed by atoms with Crippen molar-refractivity contribution in [3.63, 3.8) is 0 Å². The fourth-order valence-corrected chi connectivity index (χ4v) is 3.92. The van der Waals surface area contributed by atoms with Crippen molar-refractivity contribution in [2.75, 3.05) is 6.61 Å². The number of carbonyl (C=O) groups is 2. The standard InChI is InChI=1S/C22H25BrCl2N2O3/c1-4-19(22(29)26-14(2)3)27(12-15-7-5-6-8-18(15)25)21(28)13-30-20-10-9-16(24)11-17(20)23/h5-11,14,19H,4,12-13H2,1-3H3,(H,26,29). The van der Waals surface area contributed by atoms with Crippen LogP contribution < -0.4 is 10.1 Å². The number of nitrogens with zero attached hydrogens (tertiary/aromatic N) is 1. The third-order valence-corrected chi connectivity index (χ3v) is 5.58. The monoisotopic (exact) mass is 514 g/mol. The lowest BCUT2D eigenvalue weighted by atomic mass is 10.1. The van der Waals surface area contributed by atoms with Crippen LogP contribution in [0.2, 0.25) is 10.0 Å². The van der Waals surface area contributed by atoms with Crippen LogP contribution in [-0.2, 0) is 16.1 Å². The first-order valence-electron chi connectivity index (χ1n) is 9.64. The maximum Gasteiger partial charge on any atom is 0.261 e. The summed E-state index contributed by atoms with van der Waals surface area (Å²) in [5, 5.41) is 3.98. The number of benzene rings is 2. The summed E-state index contributed by atoms with van der Waals surface area (Å²) in [6.07, 6.45) is 0.458. The molecule has 1 unspecified atom stereocenters. The summed E-state index contributed by atoms with van der Waals surface area (Å²) >= 11 is 15.6. The summed E-state index contributed by atoms with van der Waals surface area (Å²) in [6, 6.07) is 11.6. The predicted molar refractivity (Wildman–Crippen MR) is 124 cm³/mol. The van der Waals surface area contributed by atoms with Gasteiger partial charge in [0.15, 0.2) is 6.61 Å². The number of amides is 2. The minimum absolute atomic E-state index is 0.0370. The Balaban J connectivity index is 2.25. The van der Waals surface area contributed by atoms with Crippen LogP contribution in [0.5, 0.6) is 5.75 Å². The van der Waals surface area contributed by atoms with Gasteiger partial charge >= 0.3 is 0 Å². The Morgan fingerprint density at radius 3 is 2.47 bits per heavy atom. The normalized spacial score (nSPS) is 11.8. The van der Waals surface area contributed by atoms with E-state index in [4.69, 9.17) is 27.9 Å². The third kappa shape index (κ3) is 6.89. The highest BCUT2D eigenvalue weighted by atomic mass is 79.9. The summed E-state index contributed by atoms with van der Waals surface area (Å²) in [4.78, 5) is 27.4. The number of carbonyl (C=O) groups excluding carboxylic acids is 2. The second-order valence-electron chi connectivity index (χ2n) is 7.06. The Kier molecular flexibility index (Phi) is 9.46. The van der Waals surface area contributed by atoms with E-state index in [1.807, 2.05) is 39.0 Å². The van der Waals surface area contributed by atoms with E-state index in [0.29, 0.717) is 26.7 Å². The van der Waals surface area contributed by atoms with Gasteiger partial charge in [0.05, 0.1) is 4.47 Å². The predicted octanol–water partition coefficient (Wildman–Crippen LogP) is 5.47. The van der Waals surface area contributed by atoms with Gasteiger partial charge in [-0.25, -0.2) is 0 Å². The Bertz CT molecular complexity index is 892. The van der Waals surface area contributed by atoms with E-state index < -0.39 is 6.04 Å². The second-order valence-corrected chi connectivity index (χ2v) is 8.76. The highest BCUT2D eigenvalue weighted by Crippen LogP contribution is 2.28. The van der Waals surface area contributed by atoms with Crippen LogP contribution in [0.15, 0.2) is 46.9 Å². The molecule has 8 heteroatoms. The summed E-state index contributed by atoms with van der Waals surface area (Å²) in [5.41, 5.74) is 0.760. The minimum Gasteiger partial charge on any atom is -0.483 e. The molecule has 0 radical (unpaired) electrons. The van der Waals surface area contributed by atoms with Gasteiger partial charge < -0.3 is 15.0 Å². The molecule has 30 heavy (non-hydrogen) atoms. The number of nitrogens with one attached hydrogen (secondary N) is 1. The van der Waals surface area contributed by atoms with E-state index in [1.165, 1.54) is 4.90 Å². The maximum atomic E-state index is 13.1. The summed E-state index contributed by atoms with van der Waals surface area (Å²) in [7, 11) is 0. The molecule has 0 heterocycles. The van der Waals surface area contributed by atoms with Crippen molar-refractivity contribution in [2.24, 2.45) is 0 Å². The first kappa shape index (κ1) is 24.5.